The molecule has 0 saturated heterocycles. The van der Waals surface area contributed by atoms with E-state index in [1.54, 1.807) is 18.2 Å². The zero-order chi connectivity index (χ0) is 15.6. The summed E-state index contributed by atoms with van der Waals surface area (Å²) in [5, 5.41) is 2.85. The number of benzene rings is 2. The van der Waals surface area contributed by atoms with Crippen LogP contribution in [-0.2, 0) is 0 Å². The molecule has 0 spiro atoms. The minimum Gasteiger partial charge on any atom is -0.389 e. The Bertz CT molecular complexity index is 737. The van der Waals surface area contributed by atoms with E-state index in [0.717, 1.165) is 12.5 Å². The van der Waals surface area contributed by atoms with Gasteiger partial charge in [-0.3, -0.25) is 4.79 Å². The number of nitrogens with two attached hydrogens (primary N) is 1. The molecule has 0 aliphatic rings. The average molecular weight is 540 g/mol. The molecule has 7 heteroatoms. The molecule has 108 valence electrons. The van der Waals surface area contributed by atoms with Crippen molar-refractivity contribution in [3.05, 3.63) is 60.0 Å². The van der Waals surface area contributed by atoms with Crippen molar-refractivity contribution in [2.45, 2.75) is 0 Å². The van der Waals surface area contributed by atoms with Crippen molar-refractivity contribution in [3.8, 4) is 0 Å². The fourth-order valence-corrected chi connectivity index (χ4v) is 3.15. The molecule has 0 atom stereocenters. The lowest BCUT2D eigenvalue weighted by atomic mass is 10.1. The molecule has 3 nitrogen and oxygen atoms in total. The second-order valence-electron chi connectivity index (χ2n) is 4.13. The lowest BCUT2D eigenvalue weighted by Crippen LogP contribution is -2.18. The Labute approximate surface area is 158 Å². The zero-order valence-corrected chi connectivity index (χ0v) is 16.6. The standard InChI is InChI=1S/C14H9Br2IN2OS/c15-7-1-3-9(13(18)21)12(5-7)19-14(20)10-6-8(17)2-4-11(10)16/h1-6H,(H2,18,21)(H,19,20). The van der Waals surface area contributed by atoms with Crippen LogP contribution in [0, 0.1) is 3.57 Å². The fraction of sp³-hybridized carbons (Fsp3) is 0. The summed E-state index contributed by atoms with van der Waals surface area (Å²) in [6.45, 7) is 0. The van der Waals surface area contributed by atoms with Crippen molar-refractivity contribution in [2.75, 3.05) is 5.32 Å². The Morgan fingerprint density at radius 2 is 1.86 bits per heavy atom. The number of amides is 1. The van der Waals surface area contributed by atoms with Gasteiger partial charge in [-0.2, -0.15) is 0 Å². The van der Waals surface area contributed by atoms with Crippen molar-refractivity contribution in [1.82, 2.24) is 0 Å². The lowest BCUT2D eigenvalue weighted by molar-refractivity contribution is 0.102. The Kier molecular flexibility index (Phi) is 5.75. The molecule has 2 aromatic rings. The van der Waals surface area contributed by atoms with Gasteiger partial charge in [0, 0.05) is 18.1 Å². The molecule has 0 aromatic heterocycles. The first-order valence-electron chi connectivity index (χ1n) is 5.74. The molecule has 21 heavy (non-hydrogen) atoms. The van der Waals surface area contributed by atoms with Crippen molar-refractivity contribution in [1.29, 1.82) is 0 Å². The number of anilines is 1. The van der Waals surface area contributed by atoms with Crippen LogP contribution in [0.3, 0.4) is 0 Å². The van der Waals surface area contributed by atoms with Crippen LogP contribution in [0.5, 0.6) is 0 Å². The molecule has 0 saturated carbocycles. The van der Waals surface area contributed by atoms with Crippen molar-refractivity contribution in [3.63, 3.8) is 0 Å². The molecule has 0 bridgehead atoms. The third kappa shape index (κ3) is 4.24. The van der Waals surface area contributed by atoms with E-state index in [4.69, 9.17) is 18.0 Å². The van der Waals surface area contributed by atoms with E-state index in [1.165, 1.54) is 0 Å². The van der Waals surface area contributed by atoms with Gasteiger partial charge in [-0.15, -0.1) is 0 Å². The van der Waals surface area contributed by atoms with Gasteiger partial charge in [-0.25, -0.2) is 0 Å². The number of carbonyl (C=O) groups is 1. The highest BCUT2D eigenvalue weighted by Gasteiger charge is 2.14. The molecule has 2 aromatic carbocycles. The Balaban J connectivity index is 2.38. The van der Waals surface area contributed by atoms with Crippen LogP contribution in [0.1, 0.15) is 15.9 Å². The molecule has 1 amide bonds. The van der Waals surface area contributed by atoms with Crippen molar-refractivity contribution >= 4 is 83.3 Å². The monoisotopic (exact) mass is 538 g/mol. The molecular weight excluding hydrogens is 531 g/mol. The number of hydrogen-bond donors (Lipinski definition) is 2. The van der Waals surface area contributed by atoms with E-state index in [2.05, 4.69) is 59.8 Å². The number of rotatable bonds is 3. The van der Waals surface area contributed by atoms with Crippen LogP contribution in [0.15, 0.2) is 45.3 Å². The number of halogens is 3. The maximum Gasteiger partial charge on any atom is 0.256 e. The van der Waals surface area contributed by atoms with Gasteiger partial charge in [0.2, 0.25) is 0 Å². The highest BCUT2D eigenvalue weighted by atomic mass is 127. The summed E-state index contributed by atoms with van der Waals surface area (Å²) in [6, 6.07) is 10.9. The molecule has 0 unspecified atom stereocenters. The number of thiocarbonyl (C=S) groups is 1. The summed E-state index contributed by atoms with van der Waals surface area (Å²) in [5.74, 6) is -0.226. The van der Waals surface area contributed by atoms with Crippen molar-refractivity contribution in [2.24, 2.45) is 5.73 Å². The lowest BCUT2D eigenvalue weighted by Gasteiger charge is -2.12. The highest BCUT2D eigenvalue weighted by Crippen LogP contribution is 2.24. The van der Waals surface area contributed by atoms with Crippen LogP contribution >= 0.6 is 66.7 Å². The van der Waals surface area contributed by atoms with Gasteiger partial charge < -0.3 is 11.1 Å². The predicted octanol–water partition coefficient (Wildman–Crippen LogP) is 4.70. The maximum absolute atomic E-state index is 12.4. The summed E-state index contributed by atoms with van der Waals surface area (Å²) in [7, 11) is 0. The van der Waals surface area contributed by atoms with Crippen molar-refractivity contribution < 1.29 is 4.79 Å². The number of hydrogen-bond acceptors (Lipinski definition) is 2. The van der Waals surface area contributed by atoms with Crippen LogP contribution in [-0.4, -0.2) is 10.9 Å². The first-order chi connectivity index (χ1) is 9.88. The topological polar surface area (TPSA) is 55.1 Å². The highest BCUT2D eigenvalue weighted by molar-refractivity contribution is 14.1. The van der Waals surface area contributed by atoms with E-state index in [1.807, 2.05) is 18.2 Å². The van der Waals surface area contributed by atoms with Gasteiger partial charge in [0.25, 0.3) is 5.91 Å². The summed E-state index contributed by atoms with van der Waals surface area (Å²) >= 11 is 13.9. The van der Waals surface area contributed by atoms with Gasteiger partial charge in [0.15, 0.2) is 0 Å². The Hall–Kier alpha value is -0.510. The smallest absolute Gasteiger partial charge is 0.256 e. The SMILES string of the molecule is NC(=S)c1ccc(Br)cc1NC(=O)c1cc(I)ccc1Br. The number of carbonyl (C=O) groups excluding carboxylic acids is 1. The third-order valence-corrected chi connectivity index (χ3v) is 4.74. The van der Waals surface area contributed by atoms with Crippen LogP contribution in [0.25, 0.3) is 0 Å². The summed E-state index contributed by atoms with van der Waals surface area (Å²) < 4.78 is 2.54. The Morgan fingerprint density at radius 3 is 2.52 bits per heavy atom. The molecule has 0 fully saturated rings. The van der Waals surface area contributed by atoms with Gasteiger partial charge in [0.05, 0.1) is 11.3 Å². The summed E-state index contributed by atoms with van der Waals surface area (Å²) in [4.78, 5) is 12.7. The van der Waals surface area contributed by atoms with Gasteiger partial charge >= 0.3 is 0 Å². The van der Waals surface area contributed by atoms with Gasteiger partial charge in [-0.05, 0) is 74.9 Å². The summed E-state index contributed by atoms with van der Waals surface area (Å²) in [6.07, 6.45) is 0. The van der Waals surface area contributed by atoms with E-state index >= 15 is 0 Å². The zero-order valence-electron chi connectivity index (χ0n) is 10.5. The molecular formula is C14H9Br2IN2OS. The normalized spacial score (nSPS) is 10.2. The van der Waals surface area contributed by atoms with Crippen LogP contribution in [0.4, 0.5) is 5.69 Å². The van der Waals surface area contributed by atoms with Crippen LogP contribution < -0.4 is 11.1 Å². The van der Waals surface area contributed by atoms with E-state index in [0.29, 0.717) is 16.8 Å². The molecule has 0 aliphatic carbocycles. The van der Waals surface area contributed by atoms with Gasteiger partial charge in [-0.1, -0.05) is 28.1 Å². The Morgan fingerprint density at radius 1 is 1.14 bits per heavy atom. The number of nitrogens with one attached hydrogen (secondary N) is 1. The van der Waals surface area contributed by atoms with Crippen LogP contribution in [0.2, 0.25) is 0 Å². The van der Waals surface area contributed by atoms with E-state index in [9.17, 15) is 4.79 Å². The maximum atomic E-state index is 12.4. The largest absolute Gasteiger partial charge is 0.389 e. The average Bonchev–Trinajstić information content (AvgIpc) is 2.41. The van der Waals surface area contributed by atoms with Gasteiger partial charge in [0.1, 0.15) is 4.99 Å². The van der Waals surface area contributed by atoms with E-state index in [-0.39, 0.29) is 10.9 Å². The molecule has 0 radical (unpaired) electrons. The second-order valence-corrected chi connectivity index (χ2v) is 7.59. The van der Waals surface area contributed by atoms with E-state index < -0.39 is 0 Å². The molecule has 0 aliphatic heterocycles. The predicted molar refractivity (Wildman–Crippen MR) is 105 cm³/mol. The molecule has 3 N–H and O–H groups in total. The minimum atomic E-state index is -0.226. The second kappa shape index (κ2) is 7.17. The molecule has 0 heterocycles. The first-order valence-corrected chi connectivity index (χ1v) is 8.81. The fourth-order valence-electron chi connectivity index (χ4n) is 1.70. The minimum absolute atomic E-state index is 0.226. The first kappa shape index (κ1) is 16.9. The quantitative estimate of drug-likeness (QED) is 0.439. The molecule has 2 rings (SSSR count). The summed E-state index contributed by atoms with van der Waals surface area (Å²) in [5.41, 5.74) is 7.44. The third-order valence-electron chi connectivity index (χ3n) is 2.67.